The smallest absolute Gasteiger partial charge is 0.326 e. The second-order valence-electron chi connectivity index (χ2n) is 10.4. The normalized spacial score (nSPS) is 18.2. The maximum atomic E-state index is 13.6. The van der Waals surface area contributed by atoms with E-state index >= 15 is 0 Å². The van der Waals surface area contributed by atoms with Gasteiger partial charge in [-0.15, -0.1) is 0 Å². The number of rotatable bonds is 12. The average molecular weight is 552 g/mol. The maximum Gasteiger partial charge on any atom is 0.326 e. The zero-order valence-electron chi connectivity index (χ0n) is 22.7. The summed E-state index contributed by atoms with van der Waals surface area (Å²) in [5.74, 6) is -2.84. The fourth-order valence-corrected chi connectivity index (χ4v) is 5.16. The van der Waals surface area contributed by atoms with Crippen molar-refractivity contribution in [1.29, 1.82) is 0 Å². The molecule has 1 saturated heterocycles. The minimum atomic E-state index is -1.08. The van der Waals surface area contributed by atoms with Gasteiger partial charge in [-0.2, -0.15) is 0 Å². The van der Waals surface area contributed by atoms with Crippen LogP contribution in [0.3, 0.4) is 0 Å². The van der Waals surface area contributed by atoms with Crippen LogP contribution >= 0.6 is 0 Å². The van der Waals surface area contributed by atoms with E-state index < -0.39 is 47.9 Å². The van der Waals surface area contributed by atoms with Gasteiger partial charge in [-0.1, -0.05) is 38.5 Å². The number of carbonyl (C=O) groups is 4. The number of nitrogens with zero attached hydrogens (tertiary/aromatic N) is 2. The Bertz CT molecular complexity index is 1340. The van der Waals surface area contributed by atoms with Gasteiger partial charge in [0, 0.05) is 42.0 Å². The van der Waals surface area contributed by atoms with Crippen molar-refractivity contribution in [2.24, 2.45) is 11.7 Å². The predicted molar refractivity (Wildman–Crippen MR) is 148 cm³/mol. The minimum Gasteiger partial charge on any atom is -0.480 e. The Morgan fingerprint density at radius 1 is 1.15 bits per heavy atom. The number of imidazole rings is 1. The molecular weight excluding hydrogens is 514 g/mol. The number of aromatic amines is 2. The molecule has 1 fully saturated rings. The molecule has 2 aromatic heterocycles. The molecule has 12 heteroatoms. The first-order valence-electron chi connectivity index (χ1n) is 13.6. The van der Waals surface area contributed by atoms with E-state index in [9.17, 15) is 24.3 Å². The molecule has 214 valence electrons. The summed E-state index contributed by atoms with van der Waals surface area (Å²) in [6.45, 7) is 4.03. The molecule has 1 aromatic carbocycles. The number of aromatic nitrogens is 3. The topological polar surface area (TPSA) is 186 Å². The second-order valence-corrected chi connectivity index (χ2v) is 10.4. The molecule has 1 aliphatic rings. The number of nitrogens with one attached hydrogen (secondary N) is 4. The summed E-state index contributed by atoms with van der Waals surface area (Å²) >= 11 is 0. The lowest BCUT2D eigenvalue weighted by molar-refractivity contribution is -0.149. The molecule has 12 nitrogen and oxygen atoms in total. The largest absolute Gasteiger partial charge is 0.480 e. The van der Waals surface area contributed by atoms with Gasteiger partial charge < -0.3 is 36.3 Å². The summed E-state index contributed by atoms with van der Waals surface area (Å²) in [4.78, 5) is 63.4. The summed E-state index contributed by atoms with van der Waals surface area (Å²) < 4.78 is 0. The number of carboxylic acid groups (broad SMARTS) is 1. The third-order valence-corrected chi connectivity index (χ3v) is 7.66. The fraction of sp³-hybridized carbons (Fsp3) is 0.464. The number of likely N-dealkylation sites (tertiary alicyclic amines) is 1. The van der Waals surface area contributed by atoms with Gasteiger partial charge in [0.2, 0.25) is 17.7 Å². The number of hydrogen-bond donors (Lipinski definition) is 6. The van der Waals surface area contributed by atoms with Crippen molar-refractivity contribution < 1.29 is 24.3 Å². The third-order valence-electron chi connectivity index (χ3n) is 7.66. The lowest BCUT2D eigenvalue weighted by Gasteiger charge is -2.30. The SMILES string of the molecule is CCC(C)C(NC(=O)C(N)Cc1c[nH]c2ccccc12)C(=O)NC(Cc1cnc[nH]1)C(=O)N1CCCC1C(=O)O. The number of benzene rings is 1. The van der Waals surface area contributed by atoms with Crippen LogP contribution in [0.25, 0.3) is 10.9 Å². The van der Waals surface area contributed by atoms with E-state index in [0.717, 1.165) is 16.5 Å². The van der Waals surface area contributed by atoms with Crippen LogP contribution in [-0.2, 0) is 32.0 Å². The minimum absolute atomic E-state index is 0.0919. The van der Waals surface area contributed by atoms with E-state index in [-0.39, 0.29) is 18.8 Å². The molecule has 0 saturated carbocycles. The molecule has 7 N–H and O–H groups in total. The second kappa shape index (κ2) is 12.8. The first-order valence-corrected chi connectivity index (χ1v) is 13.6. The number of hydrogen-bond acceptors (Lipinski definition) is 6. The Hall–Kier alpha value is -4.19. The Morgan fingerprint density at radius 3 is 2.62 bits per heavy atom. The van der Waals surface area contributed by atoms with Gasteiger partial charge in [0.05, 0.1) is 12.4 Å². The van der Waals surface area contributed by atoms with Gasteiger partial charge >= 0.3 is 5.97 Å². The number of amides is 3. The third kappa shape index (κ3) is 6.50. The fourth-order valence-electron chi connectivity index (χ4n) is 5.16. The zero-order valence-corrected chi connectivity index (χ0v) is 22.7. The molecule has 3 heterocycles. The van der Waals surface area contributed by atoms with Crippen LogP contribution < -0.4 is 16.4 Å². The molecule has 1 aliphatic heterocycles. The van der Waals surface area contributed by atoms with Crippen LogP contribution in [0.5, 0.6) is 0 Å². The van der Waals surface area contributed by atoms with Crippen molar-refractivity contribution in [3.05, 3.63) is 54.2 Å². The lowest BCUT2D eigenvalue weighted by Crippen LogP contribution is -2.59. The molecule has 0 radical (unpaired) electrons. The van der Waals surface area contributed by atoms with Crippen LogP contribution in [0, 0.1) is 5.92 Å². The Balaban J connectivity index is 1.48. The van der Waals surface area contributed by atoms with Crippen LogP contribution in [0.15, 0.2) is 43.0 Å². The molecule has 3 amide bonds. The maximum absolute atomic E-state index is 13.6. The van der Waals surface area contributed by atoms with E-state index in [1.165, 1.54) is 11.2 Å². The monoisotopic (exact) mass is 551 g/mol. The Labute approximate surface area is 232 Å². The van der Waals surface area contributed by atoms with E-state index in [0.29, 0.717) is 31.5 Å². The highest BCUT2D eigenvalue weighted by Crippen LogP contribution is 2.21. The van der Waals surface area contributed by atoms with Crippen molar-refractivity contribution in [2.45, 2.75) is 70.1 Å². The van der Waals surface area contributed by atoms with Crippen LogP contribution in [-0.4, -0.2) is 79.4 Å². The van der Waals surface area contributed by atoms with Crippen molar-refractivity contribution >= 4 is 34.6 Å². The van der Waals surface area contributed by atoms with E-state index in [1.807, 2.05) is 44.3 Å². The molecule has 40 heavy (non-hydrogen) atoms. The molecule has 0 bridgehead atoms. The number of nitrogens with two attached hydrogens (primary N) is 1. The quantitative estimate of drug-likeness (QED) is 0.194. The van der Waals surface area contributed by atoms with Gasteiger partial charge in [-0.05, 0) is 36.8 Å². The van der Waals surface area contributed by atoms with Crippen molar-refractivity contribution in [3.8, 4) is 0 Å². The van der Waals surface area contributed by atoms with Gasteiger partial charge in [0.15, 0.2) is 0 Å². The number of carboxylic acids is 1. The first kappa shape index (κ1) is 28.8. The van der Waals surface area contributed by atoms with Crippen molar-refractivity contribution in [3.63, 3.8) is 0 Å². The number of H-pyrrole nitrogens is 2. The molecule has 4 rings (SSSR count). The van der Waals surface area contributed by atoms with Gasteiger partial charge in [-0.3, -0.25) is 14.4 Å². The van der Waals surface area contributed by atoms with E-state index in [2.05, 4.69) is 25.6 Å². The molecule has 5 atom stereocenters. The highest BCUT2D eigenvalue weighted by molar-refractivity contribution is 5.95. The summed E-state index contributed by atoms with van der Waals surface area (Å²) in [5, 5.41) is 16.2. The highest BCUT2D eigenvalue weighted by atomic mass is 16.4. The van der Waals surface area contributed by atoms with Crippen LogP contribution in [0.2, 0.25) is 0 Å². The number of para-hydroxylation sites is 1. The standard InChI is InChI=1S/C28H37N7O5/c1-3-16(2)24(34-25(36)20(29)11-17-13-31-21-8-5-4-7-19(17)21)26(37)33-22(12-18-14-30-15-32-18)27(38)35-10-6-9-23(35)28(39)40/h4-5,7-8,13-16,20,22-24,31H,3,6,9-12,29H2,1-2H3,(H,30,32)(H,33,37)(H,34,36)(H,39,40). The Kier molecular flexibility index (Phi) is 9.20. The van der Waals surface area contributed by atoms with Gasteiger partial charge in [0.25, 0.3) is 0 Å². The number of fused-ring (bicyclic) bond motifs is 1. The highest BCUT2D eigenvalue weighted by Gasteiger charge is 2.39. The molecule has 5 unspecified atom stereocenters. The summed E-state index contributed by atoms with van der Waals surface area (Å²) in [6, 6.07) is 3.89. The molecular formula is C28H37N7O5. The summed E-state index contributed by atoms with van der Waals surface area (Å²) in [6.07, 6.45) is 6.70. The van der Waals surface area contributed by atoms with Crippen LogP contribution in [0.4, 0.5) is 0 Å². The molecule has 0 spiro atoms. The first-order chi connectivity index (χ1) is 19.2. The van der Waals surface area contributed by atoms with Crippen LogP contribution in [0.1, 0.15) is 44.4 Å². The zero-order chi connectivity index (χ0) is 28.8. The van der Waals surface area contributed by atoms with Crippen molar-refractivity contribution in [2.75, 3.05) is 6.54 Å². The number of aliphatic carboxylic acids is 1. The molecule has 0 aliphatic carbocycles. The number of carbonyl (C=O) groups excluding carboxylic acids is 3. The van der Waals surface area contributed by atoms with E-state index in [1.54, 1.807) is 6.20 Å². The van der Waals surface area contributed by atoms with Gasteiger partial charge in [0.1, 0.15) is 18.1 Å². The lowest BCUT2D eigenvalue weighted by atomic mass is 9.96. The predicted octanol–water partition coefficient (Wildman–Crippen LogP) is 1.09. The summed E-state index contributed by atoms with van der Waals surface area (Å²) in [7, 11) is 0. The summed E-state index contributed by atoms with van der Waals surface area (Å²) in [5.41, 5.74) is 8.71. The van der Waals surface area contributed by atoms with Crippen molar-refractivity contribution in [1.82, 2.24) is 30.5 Å². The van der Waals surface area contributed by atoms with E-state index in [4.69, 9.17) is 5.73 Å². The van der Waals surface area contributed by atoms with Gasteiger partial charge in [-0.25, -0.2) is 9.78 Å². The molecule has 3 aromatic rings. The average Bonchev–Trinajstić information content (AvgIpc) is 3.72. The Morgan fingerprint density at radius 2 is 1.93 bits per heavy atom.